The minimum absolute atomic E-state index is 0.260. The van der Waals surface area contributed by atoms with Gasteiger partial charge in [-0.05, 0) is 63.0 Å². The average molecular weight is 401 g/mol. The Morgan fingerprint density at radius 3 is 2.68 bits per heavy atom. The summed E-state index contributed by atoms with van der Waals surface area (Å²) >= 11 is 8.62. The molecule has 0 spiro atoms. The molecule has 2 nitrogen and oxygen atoms in total. The number of hydrogen-bond acceptors (Lipinski definition) is 3. The fourth-order valence-electron chi connectivity index (χ4n) is 2.05. The number of halogens is 2. The molecule has 1 aromatic carbocycles. The highest BCUT2D eigenvalue weighted by Gasteiger charge is 2.19. The van der Waals surface area contributed by atoms with Crippen LogP contribution in [0, 0.1) is 6.92 Å². The maximum absolute atomic E-state index is 6.29. The Morgan fingerprint density at radius 2 is 2.00 bits per heavy atom. The van der Waals surface area contributed by atoms with Gasteiger partial charge in [-0.15, -0.1) is 11.3 Å². The molecule has 2 N–H and O–H groups in total. The predicted molar refractivity (Wildman–Crippen MR) is 86.7 cm³/mol. The Balaban J connectivity index is 2.06. The number of rotatable bonds is 2. The molecule has 0 aliphatic carbocycles. The second-order valence-corrected chi connectivity index (χ2v) is 8.20. The van der Waals surface area contributed by atoms with E-state index in [9.17, 15) is 0 Å². The molecular weight excluding hydrogens is 390 g/mol. The van der Waals surface area contributed by atoms with Crippen LogP contribution in [-0.2, 0) is 0 Å². The molecule has 1 atom stereocenters. The maximum Gasteiger partial charge on any atom is 0.134 e. The molecule has 19 heavy (non-hydrogen) atoms. The fraction of sp³-hybridized carbons (Fsp3) is 0.143. The number of aryl methyl sites for hydroxylation is 1. The molecule has 0 bridgehead atoms. The first-order chi connectivity index (χ1) is 9.04. The molecule has 3 aromatic rings. The minimum Gasteiger partial charge on any atom is -0.459 e. The first-order valence-electron chi connectivity index (χ1n) is 5.75. The standard InChI is InChI=1S/C14H11Br2NOS/c1-7-2-3-10-8(4-7)5-11(18-10)13(17)9-6-12(15)19-14(9)16/h2-6,13H,17H2,1H3. The number of fused-ring (bicyclic) bond motifs is 1. The molecule has 1 unspecified atom stereocenters. The second-order valence-electron chi connectivity index (χ2n) is 4.45. The van der Waals surface area contributed by atoms with Crippen molar-refractivity contribution in [2.45, 2.75) is 13.0 Å². The summed E-state index contributed by atoms with van der Waals surface area (Å²) in [5.41, 5.74) is 9.42. The molecule has 2 aromatic heterocycles. The lowest BCUT2D eigenvalue weighted by molar-refractivity contribution is 0.525. The fourth-order valence-corrected chi connectivity index (χ4v) is 4.98. The van der Waals surface area contributed by atoms with E-state index in [1.807, 2.05) is 24.3 Å². The van der Waals surface area contributed by atoms with Gasteiger partial charge in [-0.2, -0.15) is 0 Å². The largest absolute Gasteiger partial charge is 0.459 e. The summed E-state index contributed by atoms with van der Waals surface area (Å²) in [6.07, 6.45) is 0. The number of benzene rings is 1. The van der Waals surface area contributed by atoms with Gasteiger partial charge in [-0.3, -0.25) is 0 Å². The third-order valence-electron chi connectivity index (χ3n) is 3.02. The molecule has 3 rings (SSSR count). The maximum atomic E-state index is 6.29. The van der Waals surface area contributed by atoms with Crippen LogP contribution in [0.1, 0.15) is 22.9 Å². The molecule has 98 valence electrons. The van der Waals surface area contributed by atoms with Crippen molar-refractivity contribution in [1.29, 1.82) is 0 Å². The summed E-state index contributed by atoms with van der Waals surface area (Å²) < 4.78 is 7.93. The van der Waals surface area contributed by atoms with Crippen LogP contribution < -0.4 is 5.73 Å². The molecule has 0 amide bonds. The van der Waals surface area contributed by atoms with Crippen molar-refractivity contribution in [3.63, 3.8) is 0 Å². The summed E-state index contributed by atoms with van der Waals surface area (Å²) in [5, 5.41) is 1.09. The number of nitrogens with two attached hydrogens (primary N) is 1. The molecule has 0 fully saturated rings. The molecule has 0 radical (unpaired) electrons. The SMILES string of the molecule is Cc1ccc2oc(C(N)c3cc(Br)sc3Br)cc2c1. The van der Waals surface area contributed by atoms with E-state index in [4.69, 9.17) is 10.2 Å². The Morgan fingerprint density at radius 1 is 1.21 bits per heavy atom. The van der Waals surface area contributed by atoms with E-state index in [1.165, 1.54) is 5.56 Å². The van der Waals surface area contributed by atoms with Gasteiger partial charge in [0.2, 0.25) is 0 Å². The van der Waals surface area contributed by atoms with Gasteiger partial charge in [-0.25, -0.2) is 0 Å². The van der Waals surface area contributed by atoms with Gasteiger partial charge in [0.15, 0.2) is 0 Å². The number of hydrogen-bond donors (Lipinski definition) is 1. The van der Waals surface area contributed by atoms with E-state index in [2.05, 4.69) is 44.8 Å². The lowest BCUT2D eigenvalue weighted by Crippen LogP contribution is -2.10. The minimum atomic E-state index is -0.260. The highest BCUT2D eigenvalue weighted by molar-refractivity contribution is 9.12. The van der Waals surface area contributed by atoms with E-state index in [-0.39, 0.29) is 6.04 Å². The van der Waals surface area contributed by atoms with Gasteiger partial charge in [-0.1, -0.05) is 11.6 Å². The number of furan rings is 1. The van der Waals surface area contributed by atoms with Gasteiger partial charge in [0.25, 0.3) is 0 Å². The number of thiophene rings is 1. The molecule has 0 saturated heterocycles. The summed E-state index contributed by atoms with van der Waals surface area (Å²) in [7, 11) is 0. The first-order valence-corrected chi connectivity index (χ1v) is 8.15. The van der Waals surface area contributed by atoms with Crippen LogP contribution in [0.3, 0.4) is 0 Å². The predicted octanol–water partition coefficient (Wildman–Crippen LogP) is 5.38. The van der Waals surface area contributed by atoms with Crippen LogP contribution in [0.4, 0.5) is 0 Å². The molecule has 0 saturated carbocycles. The first kappa shape index (κ1) is 13.4. The van der Waals surface area contributed by atoms with Gasteiger partial charge in [0.05, 0.1) is 13.6 Å². The Labute approximate surface area is 131 Å². The molecule has 5 heteroatoms. The quantitative estimate of drug-likeness (QED) is 0.627. The van der Waals surface area contributed by atoms with Crippen LogP contribution >= 0.6 is 43.2 Å². The van der Waals surface area contributed by atoms with Gasteiger partial charge < -0.3 is 10.2 Å². The Bertz CT molecular complexity index is 747. The Kier molecular flexibility index (Phi) is 3.55. The average Bonchev–Trinajstić information content (AvgIpc) is 2.91. The van der Waals surface area contributed by atoms with Crippen molar-refractivity contribution < 1.29 is 4.42 Å². The zero-order chi connectivity index (χ0) is 13.6. The zero-order valence-corrected chi connectivity index (χ0v) is 14.1. The second kappa shape index (κ2) is 5.05. The van der Waals surface area contributed by atoms with Gasteiger partial charge >= 0.3 is 0 Å². The van der Waals surface area contributed by atoms with E-state index in [1.54, 1.807) is 11.3 Å². The van der Waals surface area contributed by atoms with Gasteiger partial charge in [0.1, 0.15) is 11.3 Å². The molecule has 2 heterocycles. The monoisotopic (exact) mass is 399 g/mol. The third kappa shape index (κ3) is 2.52. The molecule has 0 aliphatic heterocycles. The van der Waals surface area contributed by atoms with Crippen molar-refractivity contribution in [3.05, 3.63) is 54.8 Å². The van der Waals surface area contributed by atoms with Crippen molar-refractivity contribution >= 4 is 54.2 Å². The normalized spacial score (nSPS) is 13.1. The van der Waals surface area contributed by atoms with E-state index >= 15 is 0 Å². The van der Waals surface area contributed by atoms with Crippen LogP contribution in [-0.4, -0.2) is 0 Å². The highest BCUT2D eigenvalue weighted by atomic mass is 79.9. The van der Waals surface area contributed by atoms with Crippen LogP contribution in [0.2, 0.25) is 0 Å². The third-order valence-corrected chi connectivity index (χ3v) is 5.40. The van der Waals surface area contributed by atoms with Crippen LogP contribution in [0.25, 0.3) is 11.0 Å². The van der Waals surface area contributed by atoms with E-state index in [0.717, 1.165) is 29.9 Å². The highest BCUT2D eigenvalue weighted by Crippen LogP contribution is 2.38. The van der Waals surface area contributed by atoms with E-state index in [0.29, 0.717) is 0 Å². The van der Waals surface area contributed by atoms with E-state index < -0.39 is 0 Å². The van der Waals surface area contributed by atoms with Crippen molar-refractivity contribution in [2.75, 3.05) is 0 Å². The lowest BCUT2D eigenvalue weighted by Gasteiger charge is -2.06. The molecular formula is C14H11Br2NOS. The van der Waals surface area contributed by atoms with Crippen molar-refractivity contribution in [1.82, 2.24) is 0 Å². The molecule has 0 aliphatic rings. The summed E-state index contributed by atoms with van der Waals surface area (Å²) in [6.45, 7) is 2.07. The smallest absolute Gasteiger partial charge is 0.134 e. The van der Waals surface area contributed by atoms with Crippen molar-refractivity contribution in [2.24, 2.45) is 5.73 Å². The zero-order valence-electron chi connectivity index (χ0n) is 10.1. The summed E-state index contributed by atoms with van der Waals surface area (Å²) in [6, 6.07) is 9.92. The Hall–Kier alpha value is -0.620. The lowest BCUT2D eigenvalue weighted by atomic mass is 10.1. The van der Waals surface area contributed by atoms with Crippen LogP contribution in [0.5, 0.6) is 0 Å². The van der Waals surface area contributed by atoms with Crippen molar-refractivity contribution in [3.8, 4) is 0 Å². The van der Waals surface area contributed by atoms with Crippen LogP contribution in [0.15, 0.2) is 42.3 Å². The summed E-state index contributed by atoms with van der Waals surface area (Å²) in [5.74, 6) is 0.784. The van der Waals surface area contributed by atoms with Gasteiger partial charge in [0, 0.05) is 10.9 Å². The topological polar surface area (TPSA) is 39.2 Å². The summed E-state index contributed by atoms with van der Waals surface area (Å²) in [4.78, 5) is 0.